The lowest BCUT2D eigenvalue weighted by Crippen LogP contribution is -2.12. The Labute approximate surface area is 157 Å². The molecule has 0 atom stereocenters. The number of nitrogens with one attached hydrogen (secondary N) is 1. The number of hydrogen-bond donors (Lipinski definition) is 1. The summed E-state index contributed by atoms with van der Waals surface area (Å²) in [5.74, 6) is 0.942. The molecule has 3 aromatic rings. The van der Waals surface area contributed by atoms with Crippen LogP contribution in [-0.2, 0) is 17.6 Å². The first kappa shape index (κ1) is 18.2. The fourth-order valence-corrected chi connectivity index (χ4v) is 2.89. The Morgan fingerprint density at radius 1 is 1.12 bits per heavy atom. The van der Waals surface area contributed by atoms with E-state index in [0.717, 1.165) is 22.6 Å². The van der Waals surface area contributed by atoms with Crippen LogP contribution in [0.2, 0.25) is 0 Å². The van der Waals surface area contributed by atoms with Crippen LogP contribution in [-0.4, -0.2) is 22.3 Å². The summed E-state index contributed by atoms with van der Waals surface area (Å²) in [5, 5.41) is 6.88. The van der Waals surface area contributed by atoms with Crippen molar-refractivity contribution in [2.45, 2.75) is 31.1 Å². The molecule has 0 spiro atoms. The van der Waals surface area contributed by atoms with Gasteiger partial charge in [-0.15, -0.1) is 11.8 Å². The smallest absolute Gasteiger partial charge is 0.227 e. The quantitative estimate of drug-likeness (QED) is 0.619. The van der Waals surface area contributed by atoms with Gasteiger partial charge in [0.2, 0.25) is 17.6 Å². The van der Waals surface area contributed by atoms with Crippen molar-refractivity contribution < 1.29 is 9.32 Å². The zero-order valence-corrected chi connectivity index (χ0v) is 15.7. The van der Waals surface area contributed by atoms with Gasteiger partial charge in [-0.3, -0.25) is 4.79 Å². The third-order valence-electron chi connectivity index (χ3n) is 4.03. The van der Waals surface area contributed by atoms with Gasteiger partial charge in [-0.25, -0.2) is 0 Å². The summed E-state index contributed by atoms with van der Waals surface area (Å²) in [6, 6.07) is 15.8. The average Bonchev–Trinajstić information content (AvgIpc) is 3.16. The summed E-state index contributed by atoms with van der Waals surface area (Å²) in [5.41, 5.74) is 2.96. The molecule has 0 unspecified atom stereocenters. The summed E-state index contributed by atoms with van der Waals surface area (Å²) >= 11 is 1.67. The highest BCUT2D eigenvalue weighted by atomic mass is 32.2. The number of thioether (sulfide) groups is 1. The molecule has 2 aromatic carbocycles. The third kappa shape index (κ3) is 4.73. The fourth-order valence-electron chi connectivity index (χ4n) is 2.48. The van der Waals surface area contributed by atoms with Crippen molar-refractivity contribution in [3.8, 4) is 11.4 Å². The highest BCUT2D eigenvalue weighted by Gasteiger charge is 2.11. The van der Waals surface area contributed by atoms with Gasteiger partial charge in [-0.1, -0.05) is 36.3 Å². The van der Waals surface area contributed by atoms with Crippen LogP contribution in [0.5, 0.6) is 0 Å². The van der Waals surface area contributed by atoms with Crippen LogP contribution in [0.25, 0.3) is 11.4 Å². The van der Waals surface area contributed by atoms with Crippen molar-refractivity contribution in [1.82, 2.24) is 10.1 Å². The van der Waals surface area contributed by atoms with E-state index in [9.17, 15) is 4.79 Å². The van der Waals surface area contributed by atoms with Crippen molar-refractivity contribution in [1.29, 1.82) is 0 Å². The Morgan fingerprint density at radius 3 is 2.50 bits per heavy atom. The molecule has 1 aromatic heterocycles. The molecule has 0 saturated carbocycles. The van der Waals surface area contributed by atoms with Crippen molar-refractivity contribution in [3.63, 3.8) is 0 Å². The number of rotatable bonds is 7. The Balaban J connectivity index is 1.54. The summed E-state index contributed by atoms with van der Waals surface area (Å²) < 4.78 is 5.26. The van der Waals surface area contributed by atoms with Crippen LogP contribution < -0.4 is 5.32 Å². The molecule has 26 heavy (non-hydrogen) atoms. The molecule has 0 radical (unpaired) electrons. The largest absolute Gasteiger partial charge is 0.339 e. The normalized spacial score (nSPS) is 10.7. The van der Waals surface area contributed by atoms with Gasteiger partial charge in [0, 0.05) is 29.0 Å². The van der Waals surface area contributed by atoms with Crippen LogP contribution in [0.15, 0.2) is 57.9 Å². The van der Waals surface area contributed by atoms with Crippen LogP contribution >= 0.6 is 11.8 Å². The van der Waals surface area contributed by atoms with Crippen molar-refractivity contribution in [2.24, 2.45) is 0 Å². The van der Waals surface area contributed by atoms with Gasteiger partial charge in [0.15, 0.2) is 0 Å². The van der Waals surface area contributed by atoms with Crippen LogP contribution in [0, 0.1) is 0 Å². The minimum atomic E-state index is -0.0750. The molecule has 134 valence electrons. The number of nitrogens with zero attached hydrogens (tertiary/aromatic N) is 2. The molecule has 1 N–H and O–H groups in total. The molecule has 6 heteroatoms. The summed E-state index contributed by atoms with van der Waals surface area (Å²) in [7, 11) is 0. The lowest BCUT2D eigenvalue weighted by atomic mass is 10.1. The number of aromatic nitrogens is 2. The first-order valence-corrected chi connectivity index (χ1v) is 9.76. The van der Waals surface area contributed by atoms with Crippen molar-refractivity contribution >= 4 is 23.4 Å². The zero-order chi connectivity index (χ0) is 18.4. The van der Waals surface area contributed by atoms with E-state index in [2.05, 4.69) is 34.5 Å². The molecule has 3 rings (SSSR count). The Kier molecular flexibility index (Phi) is 6.07. The van der Waals surface area contributed by atoms with E-state index in [0.29, 0.717) is 24.6 Å². The van der Waals surface area contributed by atoms with E-state index in [1.165, 1.54) is 5.56 Å². The van der Waals surface area contributed by atoms with Crippen LogP contribution in [0.3, 0.4) is 0 Å². The molecule has 0 aliphatic carbocycles. The highest BCUT2D eigenvalue weighted by Crippen LogP contribution is 2.19. The Morgan fingerprint density at radius 2 is 1.85 bits per heavy atom. The fraction of sp³-hybridized carbons (Fsp3) is 0.250. The number of hydrogen-bond acceptors (Lipinski definition) is 5. The zero-order valence-electron chi connectivity index (χ0n) is 14.9. The van der Waals surface area contributed by atoms with E-state index in [-0.39, 0.29) is 5.91 Å². The summed E-state index contributed by atoms with van der Waals surface area (Å²) in [6.07, 6.45) is 3.72. The molecule has 1 heterocycles. The van der Waals surface area contributed by atoms with Gasteiger partial charge in [-0.05, 0) is 42.5 Å². The summed E-state index contributed by atoms with van der Waals surface area (Å²) in [6.45, 7) is 2.11. The topological polar surface area (TPSA) is 68.0 Å². The van der Waals surface area contributed by atoms with Gasteiger partial charge in [0.1, 0.15) is 0 Å². The van der Waals surface area contributed by atoms with E-state index in [4.69, 9.17) is 4.52 Å². The maximum Gasteiger partial charge on any atom is 0.227 e. The van der Waals surface area contributed by atoms with Crippen LogP contribution in [0.4, 0.5) is 5.69 Å². The molecule has 0 saturated heterocycles. The molecular weight excluding hydrogens is 346 g/mol. The van der Waals surface area contributed by atoms with Gasteiger partial charge < -0.3 is 9.84 Å². The summed E-state index contributed by atoms with van der Waals surface area (Å²) in [4.78, 5) is 17.6. The van der Waals surface area contributed by atoms with E-state index >= 15 is 0 Å². The number of benzene rings is 2. The average molecular weight is 367 g/mol. The number of carbonyl (C=O) groups excluding carboxylic acids is 1. The SMILES string of the molecule is CCc1ccc(-c2noc(CCC(=O)Nc3ccc(SC)cc3)n2)cc1. The molecular formula is C20H21N3O2S. The van der Waals surface area contributed by atoms with Gasteiger partial charge in [0.25, 0.3) is 0 Å². The van der Waals surface area contributed by atoms with E-state index in [1.54, 1.807) is 11.8 Å². The monoisotopic (exact) mass is 367 g/mol. The first-order chi connectivity index (χ1) is 12.7. The molecule has 0 aliphatic rings. The van der Waals surface area contributed by atoms with Gasteiger partial charge in [0.05, 0.1) is 0 Å². The minimum Gasteiger partial charge on any atom is -0.339 e. The molecule has 0 bridgehead atoms. The highest BCUT2D eigenvalue weighted by molar-refractivity contribution is 7.98. The minimum absolute atomic E-state index is 0.0750. The predicted molar refractivity (Wildman–Crippen MR) is 104 cm³/mol. The van der Waals surface area contributed by atoms with Gasteiger partial charge >= 0.3 is 0 Å². The second kappa shape index (κ2) is 8.67. The maximum absolute atomic E-state index is 12.1. The van der Waals surface area contributed by atoms with Gasteiger partial charge in [-0.2, -0.15) is 4.98 Å². The molecule has 0 fully saturated rings. The second-order valence-electron chi connectivity index (χ2n) is 5.84. The lowest BCUT2D eigenvalue weighted by Gasteiger charge is -2.04. The van der Waals surface area contributed by atoms with Crippen molar-refractivity contribution in [2.75, 3.05) is 11.6 Å². The maximum atomic E-state index is 12.1. The molecule has 5 nitrogen and oxygen atoms in total. The van der Waals surface area contributed by atoms with Crippen LogP contribution in [0.1, 0.15) is 24.8 Å². The molecule has 0 aliphatic heterocycles. The second-order valence-corrected chi connectivity index (χ2v) is 6.72. The van der Waals surface area contributed by atoms with Crippen molar-refractivity contribution in [3.05, 3.63) is 60.0 Å². The number of amides is 1. The van der Waals surface area contributed by atoms with E-state index in [1.807, 2.05) is 42.7 Å². The standard InChI is InChI=1S/C20H21N3O2S/c1-3-14-4-6-15(7-5-14)20-22-19(25-23-20)13-12-18(24)21-16-8-10-17(26-2)11-9-16/h4-11H,3,12-13H2,1-2H3,(H,21,24). The number of aryl methyl sites for hydroxylation is 2. The third-order valence-corrected chi connectivity index (χ3v) is 4.77. The predicted octanol–water partition coefficient (Wildman–Crippen LogP) is 4.59. The first-order valence-electron chi connectivity index (χ1n) is 8.53. The number of anilines is 1. The Bertz CT molecular complexity index is 858. The van der Waals surface area contributed by atoms with E-state index < -0.39 is 0 Å². The Hall–Kier alpha value is -2.60. The lowest BCUT2D eigenvalue weighted by molar-refractivity contribution is -0.116. The molecule has 1 amide bonds. The number of carbonyl (C=O) groups is 1.